The summed E-state index contributed by atoms with van der Waals surface area (Å²) in [4.78, 5) is 0. The van der Waals surface area contributed by atoms with Crippen molar-refractivity contribution in [3.8, 4) is 17.1 Å². The molecule has 0 fully saturated rings. The number of aromatic nitrogens is 3. The Morgan fingerprint density at radius 3 is 2.83 bits per heavy atom. The molecule has 0 atom stereocenters. The Balaban J connectivity index is 1.93. The fourth-order valence-corrected chi connectivity index (χ4v) is 2.33. The average Bonchev–Trinajstić information content (AvgIpc) is 2.95. The van der Waals surface area contributed by atoms with Crippen LogP contribution >= 0.6 is 12.2 Å². The fourth-order valence-electron chi connectivity index (χ4n) is 2.15. The first-order chi connectivity index (χ1) is 11.3. The van der Waals surface area contributed by atoms with Gasteiger partial charge in [0.15, 0.2) is 5.82 Å². The van der Waals surface area contributed by atoms with Gasteiger partial charge in [0.05, 0.1) is 12.8 Å². The summed E-state index contributed by atoms with van der Waals surface area (Å²) in [6, 6.07) is 17.5. The average molecular weight is 324 g/mol. The lowest BCUT2D eigenvalue weighted by Gasteiger charge is -2.03. The lowest BCUT2D eigenvalue weighted by atomic mass is 10.2. The van der Waals surface area contributed by atoms with Crippen LogP contribution in [0.5, 0.6) is 5.75 Å². The van der Waals surface area contributed by atoms with Gasteiger partial charge in [-0.2, -0.15) is 14.9 Å². The summed E-state index contributed by atoms with van der Waals surface area (Å²) in [5, 5.41) is 11.5. The van der Waals surface area contributed by atoms with Gasteiger partial charge >= 0.3 is 0 Å². The second-order valence-corrected chi connectivity index (χ2v) is 5.17. The van der Waals surface area contributed by atoms with Crippen LogP contribution in [0.4, 0.5) is 0 Å². The van der Waals surface area contributed by atoms with Crippen molar-refractivity contribution in [1.82, 2.24) is 14.9 Å². The Morgan fingerprint density at radius 2 is 2.04 bits per heavy atom. The number of nitrogens with one attached hydrogen (secondary N) is 1. The number of rotatable bonds is 5. The van der Waals surface area contributed by atoms with E-state index in [9.17, 15) is 0 Å². The number of ether oxygens (including phenoxy) is 1. The van der Waals surface area contributed by atoms with Crippen LogP contribution in [0.25, 0.3) is 11.4 Å². The van der Waals surface area contributed by atoms with Gasteiger partial charge in [0.1, 0.15) is 5.75 Å². The molecule has 0 aliphatic heterocycles. The highest BCUT2D eigenvalue weighted by Crippen LogP contribution is 2.17. The fraction of sp³-hybridized carbons (Fsp3) is 0.118. The normalized spacial score (nSPS) is 11.0. The van der Waals surface area contributed by atoms with Crippen LogP contribution in [-0.4, -0.2) is 27.7 Å². The van der Waals surface area contributed by atoms with Crippen molar-refractivity contribution in [1.29, 1.82) is 0 Å². The number of H-pyrrole nitrogens is 1. The molecule has 1 aromatic heterocycles. The summed E-state index contributed by atoms with van der Waals surface area (Å²) in [7, 11) is 0. The molecule has 5 nitrogen and oxygen atoms in total. The second-order valence-electron chi connectivity index (χ2n) is 4.78. The third-order valence-corrected chi connectivity index (χ3v) is 3.44. The van der Waals surface area contributed by atoms with E-state index in [0.29, 0.717) is 17.2 Å². The molecule has 0 saturated heterocycles. The SMILES string of the molecule is CCOc1cccc(/C=N\n2c(-c3ccccc3)n[nH]c2=S)c1. The third-order valence-electron chi connectivity index (χ3n) is 3.17. The molecule has 0 bridgehead atoms. The van der Waals surface area contributed by atoms with Crippen LogP contribution in [0, 0.1) is 4.77 Å². The van der Waals surface area contributed by atoms with Gasteiger partial charge in [-0.25, -0.2) is 5.10 Å². The Labute approximate surface area is 139 Å². The molecular weight excluding hydrogens is 308 g/mol. The maximum atomic E-state index is 5.49. The molecule has 6 heteroatoms. The van der Waals surface area contributed by atoms with Crippen molar-refractivity contribution >= 4 is 18.4 Å². The van der Waals surface area contributed by atoms with Gasteiger partial charge in [0.25, 0.3) is 0 Å². The lowest BCUT2D eigenvalue weighted by molar-refractivity contribution is 0.340. The first kappa shape index (κ1) is 15.2. The molecule has 0 saturated carbocycles. The molecule has 0 unspecified atom stereocenters. The van der Waals surface area contributed by atoms with E-state index in [4.69, 9.17) is 17.0 Å². The van der Waals surface area contributed by atoms with Gasteiger partial charge in [-0.3, -0.25) is 0 Å². The highest BCUT2D eigenvalue weighted by molar-refractivity contribution is 7.71. The summed E-state index contributed by atoms with van der Waals surface area (Å²) in [6.07, 6.45) is 1.74. The smallest absolute Gasteiger partial charge is 0.216 e. The predicted molar refractivity (Wildman–Crippen MR) is 93.5 cm³/mol. The molecule has 3 aromatic rings. The van der Waals surface area contributed by atoms with Gasteiger partial charge in [0.2, 0.25) is 4.77 Å². The summed E-state index contributed by atoms with van der Waals surface area (Å²) < 4.78 is 7.55. The molecule has 1 heterocycles. The molecule has 1 N–H and O–H groups in total. The van der Waals surface area contributed by atoms with Crippen molar-refractivity contribution in [2.24, 2.45) is 5.10 Å². The second kappa shape index (κ2) is 7.02. The van der Waals surface area contributed by atoms with E-state index in [-0.39, 0.29) is 0 Å². The largest absolute Gasteiger partial charge is 0.494 e. The Morgan fingerprint density at radius 1 is 1.22 bits per heavy atom. The van der Waals surface area contributed by atoms with Crippen LogP contribution in [0.3, 0.4) is 0 Å². The van der Waals surface area contributed by atoms with E-state index < -0.39 is 0 Å². The van der Waals surface area contributed by atoms with Gasteiger partial charge in [-0.15, -0.1) is 0 Å². The van der Waals surface area contributed by atoms with E-state index in [1.54, 1.807) is 10.9 Å². The molecule has 23 heavy (non-hydrogen) atoms. The number of benzene rings is 2. The molecule has 0 radical (unpaired) electrons. The summed E-state index contributed by atoms with van der Waals surface area (Å²) in [5.41, 5.74) is 1.87. The highest BCUT2D eigenvalue weighted by Gasteiger charge is 2.07. The number of nitrogens with zero attached hydrogens (tertiary/aromatic N) is 3. The number of hydrogen-bond donors (Lipinski definition) is 1. The van der Waals surface area contributed by atoms with Gasteiger partial charge in [0, 0.05) is 5.56 Å². The molecular formula is C17H16N4OS. The molecule has 2 aromatic carbocycles. The van der Waals surface area contributed by atoms with Crippen molar-refractivity contribution in [2.75, 3.05) is 6.61 Å². The maximum absolute atomic E-state index is 5.49. The molecule has 3 rings (SSSR count). The topological polar surface area (TPSA) is 55.2 Å². The predicted octanol–water partition coefficient (Wildman–Crippen LogP) is 3.89. The standard InChI is InChI=1S/C17H16N4OS/c1-2-22-15-10-6-7-13(11-15)12-18-21-16(19-20-17(21)23)14-8-4-3-5-9-14/h3-12H,2H2,1H3,(H,20,23)/b18-12-. The lowest BCUT2D eigenvalue weighted by Crippen LogP contribution is -1.96. The van der Waals surface area contributed by atoms with Crippen LogP contribution in [0.1, 0.15) is 12.5 Å². The van der Waals surface area contributed by atoms with Crippen LogP contribution in [0.2, 0.25) is 0 Å². The minimum Gasteiger partial charge on any atom is -0.494 e. The number of aromatic amines is 1. The number of hydrogen-bond acceptors (Lipinski definition) is 4. The van der Waals surface area contributed by atoms with E-state index in [1.165, 1.54) is 0 Å². The summed E-state index contributed by atoms with van der Waals surface area (Å²) in [5.74, 6) is 1.49. The van der Waals surface area contributed by atoms with Gasteiger partial charge < -0.3 is 4.74 Å². The van der Waals surface area contributed by atoms with Crippen LogP contribution < -0.4 is 4.74 Å². The van der Waals surface area contributed by atoms with E-state index in [0.717, 1.165) is 16.9 Å². The van der Waals surface area contributed by atoms with Gasteiger partial charge in [-0.1, -0.05) is 42.5 Å². The zero-order valence-electron chi connectivity index (χ0n) is 12.6. The quantitative estimate of drug-likeness (QED) is 0.572. The third kappa shape index (κ3) is 3.54. The van der Waals surface area contributed by atoms with Crippen molar-refractivity contribution in [2.45, 2.75) is 6.92 Å². The summed E-state index contributed by atoms with van der Waals surface area (Å²) >= 11 is 5.26. The maximum Gasteiger partial charge on any atom is 0.216 e. The van der Waals surface area contributed by atoms with Crippen molar-refractivity contribution < 1.29 is 4.74 Å². The van der Waals surface area contributed by atoms with Gasteiger partial charge in [-0.05, 0) is 36.8 Å². The first-order valence-corrected chi connectivity index (χ1v) is 7.69. The van der Waals surface area contributed by atoms with E-state index >= 15 is 0 Å². The van der Waals surface area contributed by atoms with Crippen molar-refractivity contribution in [3.05, 3.63) is 64.9 Å². The molecule has 116 valence electrons. The molecule has 0 spiro atoms. The Hall–Kier alpha value is -2.73. The van der Waals surface area contributed by atoms with Crippen LogP contribution in [0.15, 0.2) is 59.7 Å². The monoisotopic (exact) mass is 324 g/mol. The Kier molecular flexibility index (Phi) is 4.63. The zero-order chi connectivity index (χ0) is 16.1. The molecule has 0 amide bonds. The van der Waals surface area contributed by atoms with Crippen LogP contribution in [-0.2, 0) is 0 Å². The first-order valence-electron chi connectivity index (χ1n) is 7.28. The Bertz CT molecular complexity index is 868. The van der Waals surface area contributed by atoms with Crippen molar-refractivity contribution in [3.63, 3.8) is 0 Å². The minimum atomic E-state index is 0.445. The summed E-state index contributed by atoms with van der Waals surface area (Å²) in [6.45, 7) is 2.59. The van der Waals surface area contributed by atoms with E-state index in [1.807, 2.05) is 61.5 Å². The highest BCUT2D eigenvalue weighted by atomic mass is 32.1. The van der Waals surface area contributed by atoms with E-state index in [2.05, 4.69) is 15.3 Å². The minimum absolute atomic E-state index is 0.445. The zero-order valence-corrected chi connectivity index (χ0v) is 13.5. The molecule has 0 aliphatic rings. The molecule has 0 aliphatic carbocycles.